The molecule has 0 saturated carbocycles. The standard InChI is InChI=1S/C18H24N4O/c1-4-22-9-5-6-15(22)11-19-18(23)14-7-8-16-17(10-14)21-13(3)12(2)20-16/h7-8,10,15H,4-6,9,11H2,1-3H3,(H,19,23). The van der Waals surface area contributed by atoms with Crippen molar-refractivity contribution in [2.75, 3.05) is 19.6 Å². The summed E-state index contributed by atoms with van der Waals surface area (Å²) in [6.07, 6.45) is 2.38. The van der Waals surface area contributed by atoms with E-state index < -0.39 is 0 Å². The molecule has 1 unspecified atom stereocenters. The van der Waals surface area contributed by atoms with E-state index in [2.05, 4.69) is 27.1 Å². The van der Waals surface area contributed by atoms with Gasteiger partial charge in [0, 0.05) is 18.2 Å². The van der Waals surface area contributed by atoms with E-state index >= 15 is 0 Å². The van der Waals surface area contributed by atoms with Crippen LogP contribution >= 0.6 is 0 Å². The maximum atomic E-state index is 12.4. The number of hydrogen-bond acceptors (Lipinski definition) is 4. The van der Waals surface area contributed by atoms with Gasteiger partial charge in [0.05, 0.1) is 22.4 Å². The van der Waals surface area contributed by atoms with Gasteiger partial charge in [0.25, 0.3) is 5.91 Å². The van der Waals surface area contributed by atoms with Gasteiger partial charge in [0.1, 0.15) is 0 Å². The van der Waals surface area contributed by atoms with Crippen LogP contribution in [0.4, 0.5) is 0 Å². The van der Waals surface area contributed by atoms with Crippen molar-refractivity contribution >= 4 is 16.9 Å². The Balaban J connectivity index is 1.72. The normalized spacial score (nSPS) is 18.5. The van der Waals surface area contributed by atoms with Gasteiger partial charge in [-0.1, -0.05) is 6.92 Å². The van der Waals surface area contributed by atoms with E-state index in [-0.39, 0.29) is 5.91 Å². The molecule has 0 bridgehead atoms. The van der Waals surface area contributed by atoms with Crippen LogP contribution < -0.4 is 5.32 Å². The minimum absolute atomic E-state index is 0.0325. The largest absolute Gasteiger partial charge is 0.350 e. The van der Waals surface area contributed by atoms with Gasteiger partial charge in [0.2, 0.25) is 0 Å². The molecule has 1 amide bonds. The number of carbonyl (C=O) groups excluding carboxylic acids is 1. The lowest BCUT2D eigenvalue weighted by molar-refractivity contribution is 0.0941. The summed E-state index contributed by atoms with van der Waals surface area (Å²) in [7, 11) is 0. The van der Waals surface area contributed by atoms with E-state index in [0.717, 1.165) is 41.9 Å². The van der Waals surface area contributed by atoms with E-state index in [9.17, 15) is 4.79 Å². The number of benzene rings is 1. The van der Waals surface area contributed by atoms with Crippen LogP contribution in [0.3, 0.4) is 0 Å². The molecular formula is C18H24N4O. The van der Waals surface area contributed by atoms with E-state index in [0.29, 0.717) is 18.2 Å². The molecule has 1 aromatic heterocycles. The fraction of sp³-hybridized carbons (Fsp3) is 0.500. The van der Waals surface area contributed by atoms with Crippen molar-refractivity contribution in [1.29, 1.82) is 0 Å². The lowest BCUT2D eigenvalue weighted by Crippen LogP contribution is -2.40. The molecule has 1 aliphatic heterocycles. The molecule has 1 fully saturated rings. The summed E-state index contributed by atoms with van der Waals surface area (Å²) >= 11 is 0. The molecule has 1 saturated heterocycles. The number of rotatable bonds is 4. The Morgan fingerprint density at radius 1 is 1.26 bits per heavy atom. The SMILES string of the molecule is CCN1CCCC1CNC(=O)c1ccc2nc(C)c(C)nc2c1. The van der Waals surface area contributed by atoms with E-state index in [1.54, 1.807) is 0 Å². The highest BCUT2D eigenvalue weighted by molar-refractivity contribution is 5.97. The average molecular weight is 312 g/mol. The summed E-state index contributed by atoms with van der Waals surface area (Å²) in [5, 5.41) is 3.07. The van der Waals surface area contributed by atoms with Crippen molar-refractivity contribution in [2.24, 2.45) is 0 Å². The third-order valence-corrected chi connectivity index (χ3v) is 4.74. The molecule has 1 aliphatic rings. The summed E-state index contributed by atoms with van der Waals surface area (Å²) < 4.78 is 0. The number of aryl methyl sites for hydroxylation is 2. The Labute approximate surface area is 137 Å². The molecule has 0 spiro atoms. The smallest absolute Gasteiger partial charge is 0.251 e. The van der Waals surface area contributed by atoms with Crippen molar-refractivity contribution in [3.63, 3.8) is 0 Å². The van der Waals surface area contributed by atoms with E-state index in [1.807, 2.05) is 32.0 Å². The molecule has 0 aliphatic carbocycles. The molecule has 5 nitrogen and oxygen atoms in total. The summed E-state index contributed by atoms with van der Waals surface area (Å²) in [5.41, 5.74) is 4.08. The van der Waals surface area contributed by atoms with Crippen LogP contribution in [0.1, 0.15) is 41.5 Å². The molecule has 5 heteroatoms. The average Bonchev–Trinajstić information content (AvgIpc) is 3.00. The second-order valence-electron chi connectivity index (χ2n) is 6.23. The summed E-state index contributed by atoms with van der Waals surface area (Å²) in [5.74, 6) is -0.0325. The molecule has 2 heterocycles. The first-order chi connectivity index (χ1) is 11.1. The first kappa shape index (κ1) is 15.9. The molecule has 2 aromatic rings. The second kappa shape index (κ2) is 6.62. The van der Waals surface area contributed by atoms with E-state index in [4.69, 9.17) is 0 Å². The lowest BCUT2D eigenvalue weighted by atomic mass is 10.1. The fourth-order valence-electron chi connectivity index (χ4n) is 3.23. The van der Waals surface area contributed by atoms with Gasteiger partial charge in [-0.15, -0.1) is 0 Å². The van der Waals surface area contributed by atoms with Crippen LogP contribution in [0.25, 0.3) is 11.0 Å². The van der Waals surface area contributed by atoms with Crippen molar-refractivity contribution < 1.29 is 4.79 Å². The molecule has 1 N–H and O–H groups in total. The molecule has 122 valence electrons. The first-order valence-corrected chi connectivity index (χ1v) is 8.35. The Hall–Kier alpha value is -2.01. The molecule has 3 rings (SSSR count). The van der Waals surface area contributed by atoms with Crippen LogP contribution in [0.5, 0.6) is 0 Å². The maximum absolute atomic E-state index is 12.4. The van der Waals surface area contributed by atoms with Gasteiger partial charge < -0.3 is 5.32 Å². The Morgan fingerprint density at radius 3 is 2.74 bits per heavy atom. The van der Waals surface area contributed by atoms with Crippen LogP contribution in [-0.2, 0) is 0 Å². The molecule has 1 atom stereocenters. The highest BCUT2D eigenvalue weighted by Crippen LogP contribution is 2.17. The fourth-order valence-corrected chi connectivity index (χ4v) is 3.23. The van der Waals surface area contributed by atoms with Crippen LogP contribution in [0.2, 0.25) is 0 Å². The monoisotopic (exact) mass is 312 g/mol. The summed E-state index contributed by atoms with van der Waals surface area (Å²) in [4.78, 5) is 23.9. The van der Waals surface area contributed by atoms with Crippen molar-refractivity contribution in [3.05, 3.63) is 35.2 Å². The Morgan fingerprint density at radius 2 is 2.00 bits per heavy atom. The third-order valence-electron chi connectivity index (χ3n) is 4.74. The highest BCUT2D eigenvalue weighted by Gasteiger charge is 2.23. The van der Waals surface area contributed by atoms with Gasteiger partial charge in [-0.25, -0.2) is 9.97 Å². The molecule has 0 radical (unpaired) electrons. The summed E-state index contributed by atoms with van der Waals surface area (Å²) in [6, 6.07) is 6.00. The minimum Gasteiger partial charge on any atom is -0.350 e. The second-order valence-corrected chi connectivity index (χ2v) is 6.23. The lowest BCUT2D eigenvalue weighted by Gasteiger charge is -2.22. The number of amides is 1. The molecule has 23 heavy (non-hydrogen) atoms. The molecule has 1 aromatic carbocycles. The van der Waals surface area contributed by atoms with Crippen molar-refractivity contribution in [1.82, 2.24) is 20.2 Å². The van der Waals surface area contributed by atoms with Crippen molar-refractivity contribution in [3.8, 4) is 0 Å². The zero-order chi connectivity index (χ0) is 16.4. The van der Waals surface area contributed by atoms with Gasteiger partial charge in [-0.3, -0.25) is 9.69 Å². The summed E-state index contributed by atoms with van der Waals surface area (Å²) in [6.45, 7) is 8.96. The van der Waals surface area contributed by atoms with Gasteiger partial charge in [0.15, 0.2) is 0 Å². The third kappa shape index (κ3) is 3.34. The number of likely N-dealkylation sites (tertiary alicyclic amines) is 1. The highest BCUT2D eigenvalue weighted by atomic mass is 16.1. The quantitative estimate of drug-likeness (QED) is 0.942. The van der Waals surface area contributed by atoms with Crippen molar-refractivity contribution in [2.45, 2.75) is 39.7 Å². The predicted molar refractivity (Wildman–Crippen MR) is 91.6 cm³/mol. The number of likely N-dealkylation sites (N-methyl/N-ethyl adjacent to an activating group) is 1. The van der Waals surface area contributed by atoms with Crippen LogP contribution in [-0.4, -0.2) is 46.5 Å². The Kier molecular flexibility index (Phi) is 4.57. The number of aromatic nitrogens is 2. The minimum atomic E-state index is -0.0325. The maximum Gasteiger partial charge on any atom is 0.251 e. The predicted octanol–water partition coefficient (Wildman–Crippen LogP) is 2.46. The molecular weight excluding hydrogens is 288 g/mol. The van der Waals surface area contributed by atoms with Crippen LogP contribution in [0, 0.1) is 13.8 Å². The number of carbonyl (C=O) groups is 1. The topological polar surface area (TPSA) is 58.1 Å². The van der Waals surface area contributed by atoms with Gasteiger partial charge in [-0.05, 0) is 58.0 Å². The van der Waals surface area contributed by atoms with Gasteiger partial charge >= 0.3 is 0 Å². The number of nitrogens with one attached hydrogen (secondary N) is 1. The first-order valence-electron chi connectivity index (χ1n) is 8.35. The zero-order valence-electron chi connectivity index (χ0n) is 14.1. The number of fused-ring (bicyclic) bond motifs is 1. The number of hydrogen-bond donors (Lipinski definition) is 1. The number of nitrogens with zero attached hydrogens (tertiary/aromatic N) is 3. The zero-order valence-corrected chi connectivity index (χ0v) is 14.1. The van der Waals surface area contributed by atoms with Crippen LogP contribution in [0.15, 0.2) is 18.2 Å². The van der Waals surface area contributed by atoms with E-state index in [1.165, 1.54) is 6.42 Å². The Bertz CT molecular complexity index is 728. The van der Waals surface area contributed by atoms with Gasteiger partial charge in [-0.2, -0.15) is 0 Å².